The predicted octanol–water partition coefficient (Wildman–Crippen LogP) is 4.00. The monoisotopic (exact) mass is 215 g/mol. The van der Waals surface area contributed by atoms with Crippen molar-refractivity contribution < 1.29 is 0 Å². The molecule has 1 nitrogen and oxygen atoms in total. The summed E-state index contributed by atoms with van der Waals surface area (Å²) in [7, 11) is 0. The van der Waals surface area contributed by atoms with Gasteiger partial charge in [-0.15, -0.1) is 0 Å². The molecule has 1 heterocycles. The topological polar surface area (TPSA) is 3.24 Å². The fourth-order valence-corrected chi connectivity index (χ4v) is 2.08. The van der Waals surface area contributed by atoms with Crippen LogP contribution in [0.3, 0.4) is 0 Å². The van der Waals surface area contributed by atoms with Crippen LogP contribution in [0.1, 0.15) is 32.3 Å². The lowest BCUT2D eigenvalue weighted by molar-refractivity contribution is 0.560. The van der Waals surface area contributed by atoms with Crippen LogP contribution in [0.5, 0.6) is 0 Å². The van der Waals surface area contributed by atoms with E-state index < -0.39 is 0 Å². The normalized spacial score (nSPS) is 16.8. The number of hydrogen-bond acceptors (Lipinski definition) is 1. The maximum absolute atomic E-state index is 2.32. The van der Waals surface area contributed by atoms with Gasteiger partial charge in [0, 0.05) is 18.4 Å². The van der Waals surface area contributed by atoms with E-state index in [1.165, 1.54) is 30.5 Å². The molecule has 1 unspecified atom stereocenters. The summed E-state index contributed by atoms with van der Waals surface area (Å²) in [6, 6.07) is 9.03. The van der Waals surface area contributed by atoms with Crippen LogP contribution >= 0.6 is 0 Å². The smallest absolute Gasteiger partial charge is 0.0406 e. The Morgan fingerprint density at radius 3 is 2.56 bits per heavy atom. The highest BCUT2D eigenvalue weighted by molar-refractivity contribution is 5.51. The van der Waals surface area contributed by atoms with Crippen molar-refractivity contribution in [2.24, 2.45) is 5.92 Å². The van der Waals surface area contributed by atoms with Gasteiger partial charge in [-0.1, -0.05) is 38.5 Å². The Morgan fingerprint density at radius 1 is 1.25 bits per heavy atom. The Morgan fingerprint density at radius 2 is 2.00 bits per heavy atom. The van der Waals surface area contributed by atoms with E-state index in [9.17, 15) is 0 Å². The maximum Gasteiger partial charge on any atom is 0.0406 e. The molecule has 1 heteroatoms. The molecule has 0 N–H and O–H groups in total. The summed E-state index contributed by atoms with van der Waals surface area (Å²) >= 11 is 0. The minimum absolute atomic E-state index is 0.789. The molecule has 1 aliphatic heterocycles. The summed E-state index contributed by atoms with van der Waals surface area (Å²) in [4.78, 5) is 2.31. The Balaban J connectivity index is 2.01. The van der Waals surface area contributed by atoms with Crippen LogP contribution in [0.4, 0.5) is 5.69 Å². The Bertz CT molecular complexity index is 350. The van der Waals surface area contributed by atoms with Gasteiger partial charge >= 0.3 is 0 Å². The van der Waals surface area contributed by atoms with E-state index in [0.29, 0.717) is 0 Å². The van der Waals surface area contributed by atoms with Crippen molar-refractivity contribution in [3.8, 4) is 0 Å². The first kappa shape index (κ1) is 11.3. The quantitative estimate of drug-likeness (QED) is 0.734. The third-order valence-corrected chi connectivity index (χ3v) is 3.37. The third kappa shape index (κ3) is 2.66. The molecular formula is C15H21N. The van der Waals surface area contributed by atoms with Gasteiger partial charge in [-0.05, 0) is 36.5 Å². The first-order chi connectivity index (χ1) is 7.79. The van der Waals surface area contributed by atoms with E-state index in [0.717, 1.165) is 12.5 Å². The zero-order chi connectivity index (χ0) is 11.4. The molecule has 0 aliphatic carbocycles. The maximum atomic E-state index is 2.32. The minimum Gasteiger partial charge on any atom is -0.348 e. The lowest BCUT2D eigenvalue weighted by atomic mass is 9.99. The van der Waals surface area contributed by atoms with Crippen molar-refractivity contribution in [1.29, 1.82) is 0 Å². The van der Waals surface area contributed by atoms with Crippen molar-refractivity contribution >= 4 is 5.69 Å². The van der Waals surface area contributed by atoms with E-state index in [1.807, 2.05) is 0 Å². The summed E-state index contributed by atoms with van der Waals surface area (Å²) in [6.07, 6.45) is 8.05. The van der Waals surface area contributed by atoms with Crippen LogP contribution < -0.4 is 4.90 Å². The third-order valence-electron chi connectivity index (χ3n) is 3.37. The average Bonchev–Trinajstić information content (AvgIpc) is 2.83. The van der Waals surface area contributed by atoms with Gasteiger partial charge in [0.2, 0.25) is 0 Å². The number of nitrogens with zero attached hydrogens (tertiary/aromatic N) is 1. The molecule has 1 aromatic rings. The van der Waals surface area contributed by atoms with Crippen LogP contribution in [0.2, 0.25) is 0 Å². The van der Waals surface area contributed by atoms with Gasteiger partial charge in [-0.3, -0.25) is 0 Å². The first-order valence-electron chi connectivity index (χ1n) is 6.32. The molecule has 0 amide bonds. The molecule has 2 rings (SSSR count). The van der Waals surface area contributed by atoms with Crippen molar-refractivity contribution in [2.45, 2.75) is 33.1 Å². The molecule has 1 aromatic carbocycles. The molecule has 0 saturated carbocycles. The van der Waals surface area contributed by atoms with Gasteiger partial charge in [0.1, 0.15) is 0 Å². The van der Waals surface area contributed by atoms with Crippen LogP contribution in [0.25, 0.3) is 0 Å². The standard InChI is InChI=1S/C15H21N/c1-3-13(2)12-14-6-8-15(9-7-14)16-10-4-5-11-16/h4,6-10,13H,3,5,11-12H2,1-2H3. The highest BCUT2D eigenvalue weighted by Crippen LogP contribution is 2.20. The van der Waals surface area contributed by atoms with Crippen LogP contribution in [-0.2, 0) is 6.42 Å². The van der Waals surface area contributed by atoms with Gasteiger partial charge in [-0.25, -0.2) is 0 Å². The molecule has 0 fully saturated rings. The van der Waals surface area contributed by atoms with Gasteiger partial charge in [-0.2, -0.15) is 0 Å². The summed E-state index contributed by atoms with van der Waals surface area (Å²) in [6.45, 7) is 5.70. The van der Waals surface area contributed by atoms with E-state index >= 15 is 0 Å². The Kier molecular flexibility index (Phi) is 3.66. The zero-order valence-corrected chi connectivity index (χ0v) is 10.3. The molecule has 0 aromatic heterocycles. The highest BCUT2D eigenvalue weighted by atomic mass is 15.1. The largest absolute Gasteiger partial charge is 0.348 e. The van der Waals surface area contributed by atoms with Crippen molar-refractivity contribution in [3.05, 3.63) is 42.1 Å². The number of hydrogen-bond donors (Lipinski definition) is 0. The van der Waals surface area contributed by atoms with Crippen molar-refractivity contribution in [3.63, 3.8) is 0 Å². The van der Waals surface area contributed by atoms with Crippen molar-refractivity contribution in [1.82, 2.24) is 0 Å². The fourth-order valence-electron chi connectivity index (χ4n) is 2.08. The molecular weight excluding hydrogens is 194 g/mol. The second-order valence-corrected chi connectivity index (χ2v) is 4.75. The summed E-state index contributed by atoms with van der Waals surface area (Å²) in [5.41, 5.74) is 2.78. The van der Waals surface area contributed by atoms with Crippen LogP contribution in [0, 0.1) is 5.92 Å². The number of rotatable bonds is 4. The van der Waals surface area contributed by atoms with E-state index in [-0.39, 0.29) is 0 Å². The van der Waals surface area contributed by atoms with Gasteiger partial charge < -0.3 is 4.90 Å². The summed E-state index contributed by atoms with van der Waals surface area (Å²) in [5.74, 6) is 0.789. The molecule has 86 valence electrons. The minimum atomic E-state index is 0.789. The van der Waals surface area contributed by atoms with Crippen molar-refractivity contribution in [2.75, 3.05) is 11.4 Å². The lowest BCUT2D eigenvalue weighted by Gasteiger charge is -2.16. The molecule has 1 atom stereocenters. The van der Waals surface area contributed by atoms with Crippen LogP contribution in [0.15, 0.2) is 36.5 Å². The summed E-state index contributed by atoms with van der Waals surface area (Å²) < 4.78 is 0. The SMILES string of the molecule is CCC(C)Cc1ccc(N2C=CCC2)cc1. The van der Waals surface area contributed by atoms with Crippen LogP contribution in [-0.4, -0.2) is 6.54 Å². The van der Waals surface area contributed by atoms with Gasteiger partial charge in [0.05, 0.1) is 0 Å². The molecule has 0 bridgehead atoms. The predicted molar refractivity (Wildman–Crippen MR) is 70.7 cm³/mol. The molecule has 16 heavy (non-hydrogen) atoms. The summed E-state index contributed by atoms with van der Waals surface area (Å²) in [5, 5.41) is 0. The Labute approximate surface area is 98.8 Å². The fraction of sp³-hybridized carbons (Fsp3) is 0.467. The first-order valence-corrected chi connectivity index (χ1v) is 6.32. The molecule has 1 aliphatic rings. The Hall–Kier alpha value is -1.24. The van der Waals surface area contributed by atoms with E-state index in [4.69, 9.17) is 0 Å². The number of benzene rings is 1. The molecule has 0 radical (unpaired) electrons. The van der Waals surface area contributed by atoms with E-state index in [1.54, 1.807) is 0 Å². The van der Waals surface area contributed by atoms with Gasteiger partial charge in [0.25, 0.3) is 0 Å². The van der Waals surface area contributed by atoms with Gasteiger partial charge in [0.15, 0.2) is 0 Å². The average molecular weight is 215 g/mol. The second-order valence-electron chi connectivity index (χ2n) is 4.75. The molecule has 0 saturated heterocycles. The molecule has 0 spiro atoms. The van der Waals surface area contributed by atoms with E-state index in [2.05, 4.69) is 55.3 Å². The number of anilines is 1. The zero-order valence-electron chi connectivity index (χ0n) is 10.3. The lowest BCUT2D eigenvalue weighted by Crippen LogP contribution is -2.11. The highest BCUT2D eigenvalue weighted by Gasteiger charge is 2.07. The second kappa shape index (κ2) is 5.20.